The van der Waals surface area contributed by atoms with Crippen LogP contribution in [-0.4, -0.2) is 27.3 Å². The number of ether oxygens (including phenoxy) is 1. The topological polar surface area (TPSA) is 69.0 Å². The lowest BCUT2D eigenvalue weighted by Gasteiger charge is -2.12. The van der Waals surface area contributed by atoms with Gasteiger partial charge in [0.25, 0.3) is 0 Å². The van der Waals surface area contributed by atoms with E-state index >= 15 is 0 Å². The molecule has 0 aliphatic carbocycles. The third kappa shape index (κ3) is 4.44. The second kappa shape index (κ2) is 7.89. The number of hydrogen-bond donors (Lipinski definition) is 1. The first-order valence-electron chi connectivity index (χ1n) is 8.10. The van der Waals surface area contributed by atoms with E-state index in [0.29, 0.717) is 21.9 Å². The smallest absolute Gasteiger partial charge is 0.387 e. The fraction of sp³-hybridized carbons (Fsp3) is 0.353. The van der Waals surface area contributed by atoms with E-state index in [-0.39, 0.29) is 17.6 Å². The van der Waals surface area contributed by atoms with Gasteiger partial charge < -0.3 is 10.1 Å². The molecule has 6 nitrogen and oxygen atoms in total. The first kappa shape index (κ1) is 19.7. The Bertz CT molecular complexity index is 989. The number of halogens is 3. The van der Waals surface area contributed by atoms with E-state index < -0.39 is 6.61 Å². The van der Waals surface area contributed by atoms with Crippen LogP contribution in [0.1, 0.15) is 18.3 Å². The van der Waals surface area contributed by atoms with Crippen molar-refractivity contribution in [1.29, 1.82) is 0 Å². The third-order valence-electron chi connectivity index (χ3n) is 4.00. The molecule has 0 aliphatic rings. The summed E-state index contributed by atoms with van der Waals surface area (Å²) in [7, 11) is 0. The van der Waals surface area contributed by atoms with Crippen molar-refractivity contribution in [2.24, 2.45) is 5.92 Å². The van der Waals surface area contributed by atoms with Crippen molar-refractivity contribution in [2.75, 3.05) is 5.32 Å². The molecule has 0 saturated heterocycles. The molecular weight excluding hydrogens is 442 g/mol. The summed E-state index contributed by atoms with van der Waals surface area (Å²) in [5, 5.41) is 7.60. The van der Waals surface area contributed by atoms with Gasteiger partial charge in [0.05, 0.1) is 32.8 Å². The molecule has 10 heteroatoms. The molecule has 1 atom stereocenters. The van der Waals surface area contributed by atoms with Crippen LogP contribution in [0.4, 0.5) is 13.9 Å². The lowest BCUT2D eigenvalue weighted by molar-refractivity contribution is -0.119. The number of carbonyl (C=O) groups excluding carboxylic acids is 1. The second-order valence-electron chi connectivity index (χ2n) is 6.08. The number of thiazole rings is 1. The molecule has 0 fully saturated rings. The summed E-state index contributed by atoms with van der Waals surface area (Å²) in [5.41, 5.74) is 2.43. The van der Waals surface area contributed by atoms with Crippen molar-refractivity contribution in [1.82, 2.24) is 14.8 Å². The van der Waals surface area contributed by atoms with Gasteiger partial charge in [-0.3, -0.25) is 9.48 Å². The van der Waals surface area contributed by atoms with E-state index in [1.807, 2.05) is 20.8 Å². The minimum Gasteiger partial charge on any atom is -0.435 e. The van der Waals surface area contributed by atoms with Crippen molar-refractivity contribution < 1.29 is 18.3 Å². The average molecular weight is 459 g/mol. The highest BCUT2D eigenvalue weighted by Crippen LogP contribution is 2.30. The largest absolute Gasteiger partial charge is 0.435 e. The predicted molar refractivity (Wildman–Crippen MR) is 103 cm³/mol. The molecule has 0 bridgehead atoms. The standard InChI is InChI=1S/C17H17BrF2N4O2S/c1-8(7-24-10(3)14(18)9(2)23-24)15(25)22-17-21-12-5-4-11(26-16(19)20)6-13(12)27-17/h4-6,8,16H,7H2,1-3H3,(H,21,22,25). The average Bonchev–Trinajstić information content (AvgIpc) is 3.09. The van der Waals surface area contributed by atoms with Crippen LogP contribution in [0.15, 0.2) is 22.7 Å². The molecule has 1 unspecified atom stereocenters. The number of hydrogen-bond acceptors (Lipinski definition) is 5. The van der Waals surface area contributed by atoms with Crippen LogP contribution in [0.3, 0.4) is 0 Å². The SMILES string of the molecule is Cc1nn(CC(C)C(=O)Nc2nc3ccc(OC(F)F)cc3s2)c(C)c1Br. The van der Waals surface area contributed by atoms with Gasteiger partial charge in [-0.25, -0.2) is 4.98 Å². The van der Waals surface area contributed by atoms with Crippen LogP contribution in [0, 0.1) is 19.8 Å². The summed E-state index contributed by atoms with van der Waals surface area (Å²) >= 11 is 4.67. The van der Waals surface area contributed by atoms with Crippen LogP contribution in [0.2, 0.25) is 0 Å². The van der Waals surface area contributed by atoms with Crippen molar-refractivity contribution in [3.8, 4) is 5.75 Å². The molecule has 0 aliphatic heterocycles. The number of fused-ring (bicyclic) bond motifs is 1. The number of nitrogens with one attached hydrogen (secondary N) is 1. The Labute approximate surface area is 166 Å². The summed E-state index contributed by atoms with van der Waals surface area (Å²) < 4.78 is 32.4. The van der Waals surface area contributed by atoms with E-state index in [0.717, 1.165) is 15.9 Å². The van der Waals surface area contributed by atoms with Crippen LogP contribution in [-0.2, 0) is 11.3 Å². The van der Waals surface area contributed by atoms with Gasteiger partial charge >= 0.3 is 6.61 Å². The second-order valence-corrected chi connectivity index (χ2v) is 7.91. The molecule has 27 heavy (non-hydrogen) atoms. The lowest BCUT2D eigenvalue weighted by atomic mass is 10.1. The first-order chi connectivity index (χ1) is 12.7. The Hall–Kier alpha value is -2.07. The van der Waals surface area contributed by atoms with E-state index in [2.05, 4.69) is 36.1 Å². The molecule has 0 radical (unpaired) electrons. The predicted octanol–water partition coefficient (Wildman–Crippen LogP) is 4.75. The highest BCUT2D eigenvalue weighted by Gasteiger charge is 2.19. The number of amides is 1. The van der Waals surface area contributed by atoms with Crippen LogP contribution in [0.25, 0.3) is 10.2 Å². The van der Waals surface area contributed by atoms with Gasteiger partial charge in [0.15, 0.2) is 5.13 Å². The lowest BCUT2D eigenvalue weighted by Crippen LogP contribution is -2.25. The molecule has 0 saturated carbocycles. The van der Waals surface area contributed by atoms with Gasteiger partial charge in [-0.1, -0.05) is 18.3 Å². The Kier molecular flexibility index (Phi) is 5.75. The maximum atomic E-state index is 12.5. The minimum atomic E-state index is -2.88. The minimum absolute atomic E-state index is 0.0579. The number of benzene rings is 1. The molecular formula is C17H17BrF2N4O2S. The highest BCUT2D eigenvalue weighted by atomic mass is 79.9. The zero-order valence-electron chi connectivity index (χ0n) is 14.8. The van der Waals surface area contributed by atoms with Gasteiger partial charge in [-0.2, -0.15) is 13.9 Å². The quantitative estimate of drug-likeness (QED) is 0.578. The van der Waals surface area contributed by atoms with Gasteiger partial charge in [0, 0.05) is 5.69 Å². The number of aromatic nitrogens is 3. The summed E-state index contributed by atoms with van der Waals surface area (Å²) in [6, 6.07) is 4.48. The molecule has 3 rings (SSSR count). The fourth-order valence-electron chi connectivity index (χ4n) is 2.56. The molecule has 144 valence electrons. The molecule has 2 heterocycles. The van der Waals surface area contributed by atoms with Gasteiger partial charge in [0.2, 0.25) is 5.91 Å². The molecule has 3 aromatic rings. The maximum Gasteiger partial charge on any atom is 0.387 e. The van der Waals surface area contributed by atoms with Gasteiger partial charge in [-0.05, 0) is 48.0 Å². The number of nitrogens with zero attached hydrogens (tertiary/aromatic N) is 3. The summed E-state index contributed by atoms with van der Waals surface area (Å²) in [4.78, 5) is 16.8. The Morgan fingerprint density at radius 1 is 1.41 bits per heavy atom. The number of rotatable bonds is 6. The highest BCUT2D eigenvalue weighted by molar-refractivity contribution is 9.10. The Morgan fingerprint density at radius 3 is 2.78 bits per heavy atom. The zero-order chi connectivity index (χ0) is 19.7. The Morgan fingerprint density at radius 2 is 2.15 bits per heavy atom. The van der Waals surface area contributed by atoms with Crippen molar-refractivity contribution >= 4 is 48.5 Å². The van der Waals surface area contributed by atoms with E-state index in [1.54, 1.807) is 10.7 Å². The third-order valence-corrected chi connectivity index (χ3v) is 6.08. The van der Waals surface area contributed by atoms with Crippen LogP contribution in [0.5, 0.6) is 5.75 Å². The summed E-state index contributed by atoms with van der Waals surface area (Å²) in [6.45, 7) is 3.18. The number of carbonyl (C=O) groups is 1. The molecule has 1 aromatic carbocycles. The summed E-state index contributed by atoms with van der Waals surface area (Å²) in [5.74, 6) is -0.469. The normalized spacial score (nSPS) is 12.6. The molecule has 2 aromatic heterocycles. The van der Waals surface area contributed by atoms with E-state index in [9.17, 15) is 13.6 Å². The monoisotopic (exact) mass is 458 g/mol. The molecule has 1 amide bonds. The van der Waals surface area contributed by atoms with Crippen molar-refractivity contribution in [3.05, 3.63) is 34.1 Å². The van der Waals surface area contributed by atoms with Crippen molar-refractivity contribution in [3.63, 3.8) is 0 Å². The van der Waals surface area contributed by atoms with E-state index in [1.165, 1.54) is 23.5 Å². The number of anilines is 1. The van der Waals surface area contributed by atoms with Crippen LogP contribution < -0.4 is 10.1 Å². The number of alkyl halides is 2. The Balaban J connectivity index is 1.70. The zero-order valence-corrected chi connectivity index (χ0v) is 17.2. The van der Waals surface area contributed by atoms with Crippen LogP contribution >= 0.6 is 27.3 Å². The van der Waals surface area contributed by atoms with Gasteiger partial charge in [-0.15, -0.1) is 0 Å². The molecule has 1 N–H and O–H groups in total. The fourth-order valence-corrected chi connectivity index (χ4v) is 3.74. The van der Waals surface area contributed by atoms with Gasteiger partial charge in [0.1, 0.15) is 5.75 Å². The maximum absolute atomic E-state index is 12.5. The number of aryl methyl sites for hydroxylation is 1. The first-order valence-corrected chi connectivity index (χ1v) is 9.71. The van der Waals surface area contributed by atoms with E-state index in [4.69, 9.17) is 0 Å². The van der Waals surface area contributed by atoms with Crippen molar-refractivity contribution in [2.45, 2.75) is 33.9 Å². The molecule has 0 spiro atoms. The summed E-state index contributed by atoms with van der Waals surface area (Å²) in [6.07, 6.45) is 0.